The number of furan rings is 1. The van der Waals surface area contributed by atoms with Crippen molar-refractivity contribution in [3.8, 4) is 0 Å². The van der Waals surface area contributed by atoms with Crippen LogP contribution in [0.1, 0.15) is 39.4 Å². The van der Waals surface area contributed by atoms with E-state index in [0.29, 0.717) is 24.7 Å². The zero-order valence-electron chi connectivity index (χ0n) is 15.1. The molecule has 25 heavy (non-hydrogen) atoms. The van der Waals surface area contributed by atoms with E-state index < -0.39 is 11.5 Å². The van der Waals surface area contributed by atoms with Crippen molar-refractivity contribution >= 4 is 23.7 Å². The standard InChI is InChI=1S/C18H24N2O5/c1-6-14(21)19-9-10-20(15(22)11-19)16-8-7-13(24-16)12(2)17(23)25-18(3,4)5/h6-8,12H,1,9-11H2,2-5H3. The van der Waals surface area contributed by atoms with Gasteiger partial charge in [0, 0.05) is 19.2 Å². The van der Waals surface area contributed by atoms with Gasteiger partial charge in [-0.15, -0.1) is 0 Å². The maximum absolute atomic E-state index is 12.3. The van der Waals surface area contributed by atoms with Crippen LogP contribution >= 0.6 is 0 Å². The van der Waals surface area contributed by atoms with E-state index in [1.54, 1.807) is 39.8 Å². The highest BCUT2D eigenvalue weighted by Gasteiger charge is 2.30. The summed E-state index contributed by atoms with van der Waals surface area (Å²) in [6, 6.07) is 3.32. The van der Waals surface area contributed by atoms with Crippen LogP contribution in [0.25, 0.3) is 0 Å². The highest BCUT2D eigenvalue weighted by atomic mass is 16.6. The van der Waals surface area contributed by atoms with E-state index in [1.807, 2.05) is 0 Å². The van der Waals surface area contributed by atoms with Gasteiger partial charge in [-0.2, -0.15) is 0 Å². The van der Waals surface area contributed by atoms with Gasteiger partial charge < -0.3 is 14.1 Å². The molecule has 0 spiro atoms. The summed E-state index contributed by atoms with van der Waals surface area (Å²) >= 11 is 0. The first-order valence-corrected chi connectivity index (χ1v) is 8.16. The number of piperazine rings is 1. The van der Waals surface area contributed by atoms with E-state index in [9.17, 15) is 14.4 Å². The van der Waals surface area contributed by atoms with Crippen LogP contribution < -0.4 is 4.90 Å². The van der Waals surface area contributed by atoms with Gasteiger partial charge in [0.2, 0.25) is 17.7 Å². The summed E-state index contributed by atoms with van der Waals surface area (Å²) in [4.78, 5) is 38.9. The fraction of sp³-hybridized carbons (Fsp3) is 0.500. The topological polar surface area (TPSA) is 80.1 Å². The lowest BCUT2D eigenvalue weighted by Gasteiger charge is -2.32. The van der Waals surface area contributed by atoms with Gasteiger partial charge in [-0.3, -0.25) is 19.3 Å². The first-order valence-electron chi connectivity index (χ1n) is 8.16. The second-order valence-electron chi connectivity index (χ2n) is 6.94. The molecule has 1 aliphatic rings. The summed E-state index contributed by atoms with van der Waals surface area (Å²) in [6.07, 6.45) is 1.19. The van der Waals surface area contributed by atoms with Crippen molar-refractivity contribution < 1.29 is 23.5 Å². The van der Waals surface area contributed by atoms with Crippen molar-refractivity contribution in [2.24, 2.45) is 0 Å². The first kappa shape index (κ1) is 18.8. The van der Waals surface area contributed by atoms with Crippen molar-refractivity contribution in [3.05, 3.63) is 30.5 Å². The van der Waals surface area contributed by atoms with E-state index in [-0.39, 0.29) is 24.3 Å². The van der Waals surface area contributed by atoms with Crippen molar-refractivity contribution in [1.82, 2.24) is 4.90 Å². The monoisotopic (exact) mass is 348 g/mol. The molecule has 1 aliphatic heterocycles. The molecular formula is C18H24N2O5. The van der Waals surface area contributed by atoms with Crippen molar-refractivity contribution in [2.45, 2.75) is 39.2 Å². The molecular weight excluding hydrogens is 324 g/mol. The molecule has 2 heterocycles. The zero-order valence-corrected chi connectivity index (χ0v) is 15.1. The number of rotatable bonds is 4. The molecule has 2 rings (SSSR count). The van der Waals surface area contributed by atoms with Crippen LogP contribution in [0.5, 0.6) is 0 Å². The molecule has 0 N–H and O–H groups in total. The van der Waals surface area contributed by atoms with Gasteiger partial charge in [0.1, 0.15) is 23.8 Å². The maximum Gasteiger partial charge on any atom is 0.316 e. The molecule has 1 saturated heterocycles. The molecule has 0 aliphatic carbocycles. The number of esters is 1. The highest BCUT2D eigenvalue weighted by Crippen LogP contribution is 2.27. The third-order valence-electron chi connectivity index (χ3n) is 3.77. The van der Waals surface area contributed by atoms with E-state index in [1.165, 1.54) is 15.9 Å². The molecule has 1 fully saturated rings. The smallest absolute Gasteiger partial charge is 0.316 e. The number of anilines is 1. The Morgan fingerprint density at radius 2 is 2.00 bits per heavy atom. The Bertz CT molecular complexity index is 686. The molecule has 0 saturated carbocycles. The predicted octanol–water partition coefficient (Wildman–Crippen LogP) is 2.09. The van der Waals surface area contributed by atoms with Crippen molar-refractivity contribution in [2.75, 3.05) is 24.5 Å². The SMILES string of the molecule is C=CC(=O)N1CCN(c2ccc(C(C)C(=O)OC(C)(C)C)o2)C(=O)C1. The average molecular weight is 348 g/mol. The zero-order chi connectivity index (χ0) is 18.8. The fourth-order valence-corrected chi connectivity index (χ4v) is 2.45. The Morgan fingerprint density at radius 3 is 2.56 bits per heavy atom. The minimum absolute atomic E-state index is 0.0253. The summed E-state index contributed by atoms with van der Waals surface area (Å²) < 4.78 is 11.0. The highest BCUT2D eigenvalue weighted by molar-refractivity contribution is 5.98. The van der Waals surface area contributed by atoms with E-state index in [2.05, 4.69) is 6.58 Å². The summed E-state index contributed by atoms with van der Waals surface area (Å²) in [5, 5.41) is 0. The van der Waals surface area contributed by atoms with Gasteiger partial charge in [-0.25, -0.2) is 0 Å². The molecule has 1 aromatic rings. The predicted molar refractivity (Wildman–Crippen MR) is 92.1 cm³/mol. The molecule has 2 amide bonds. The van der Waals surface area contributed by atoms with Gasteiger partial charge in [0.25, 0.3) is 0 Å². The maximum atomic E-state index is 12.3. The van der Waals surface area contributed by atoms with Crippen LogP contribution in [0.2, 0.25) is 0 Å². The lowest BCUT2D eigenvalue weighted by Crippen LogP contribution is -2.52. The van der Waals surface area contributed by atoms with Crippen LogP contribution in [0.15, 0.2) is 29.2 Å². The Hall–Kier alpha value is -2.57. The van der Waals surface area contributed by atoms with Crippen molar-refractivity contribution in [1.29, 1.82) is 0 Å². The molecule has 1 aromatic heterocycles. The molecule has 136 valence electrons. The van der Waals surface area contributed by atoms with Gasteiger partial charge in [0.15, 0.2) is 0 Å². The third kappa shape index (κ3) is 4.49. The Balaban J connectivity index is 2.06. The Morgan fingerprint density at radius 1 is 1.32 bits per heavy atom. The lowest BCUT2D eigenvalue weighted by atomic mass is 10.1. The third-order valence-corrected chi connectivity index (χ3v) is 3.77. The molecule has 0 bridgehead atoms. The number of ether oxygens (including phenoxy) is 1. The summed E-state index contributed by atoms with van der Waals surface area (Å²) in [6.45, 7) is 11.2. The number of hydrogen-bond donors (Lipinski definition) is 0. The van der Waals surface area contributed by atoms with Crippen LogP contribution in [0, 0.1) is 0 Å². The molecule has 1 atom stereocenters. The molecule has 7 heteroatoms. The number of hydrogen-bond acceptors (Lipinski definition) is 5. The van der Waals surface area contributed by atoms with Crippen LogP contribution in [-0.2, 0) is 19.1 Å². The molecule has 0 aromatic carbocycles. The van der Waals surface area contributed by atoms with Gasteiger partial charge >= 0.3 is 5.97 Å². The van der Waals surface area contributed by atoms with E-state index in [0.717, 1.165) is 0 Å². The van der Waals surface area contributed by atoms with Crippen molar-refractivity contribution in [3.63, 3.8) is 0 Å². The summed E-state index contributed by atoms with van der Waals surface area (Å²) in [7, 11) is 0. The number of amides is 2. The van der Waals surface area contributed by atoms with E-state index >= 15 is 0 Å². The normalized spacial score (nSPS) is 16.6. The number of carbonyl (C=O) groups excluding carboxylic acids is 3. The Kier molecular flexibility index (Phi) is 5.35. The minimum Gasteiger partial charge on any atom is -0.459 e. The van der Waals surface area contributed by atoms with Gasteiger partial charge in [0.05, 0.1) is 0 Å². The second-order valence-corrected chi connectivity index (χ2v) is 6.94. The molecule has 1 unspecified atom stereocenters. The summed E-state index contributed by atoms with van der Waals surface area (Å²) in [5.41, 5.74) is -0.579. The molecule has 0 radical (unpaired) electrons. The fourth-order valence-electron chi connectivity index (χ4n) is 2.45. The first-order chi connectivity index (χ1) is 11.6. The van der Waals surface area contributed by atoms with Crippen LogP contribution in [0.3, 0.4) is 0 Å². The molecule has 7 nitrogen and oxygen atoms in total. The average Bonchev–Trinajstić information content (AvgIpc) is 3.01. The summed E-state index contributed by atoms with van der Waals surface area (Å²) in [5.74, 6) is -0.686. The van der Waals surface area contributed by atoms with Gasteiger partial charge in [-0.05, 0) is 39.8 Å². The van der Waals surface area contributed by atoms with Crippen LogP contribution in [0.4, 0.5) is 5.88 Å². The Labute approximate surface area is 147 Å². The largest absolute Gasteiger partial charge is 0.459 e. The van der Waals surface area contributed by atoms with Crippen LogP contribution in [-0.4, -0.2) is 47.9 Å². The van der Waals surface area contributed by atoms with Gasteiger partial charge in [-0.1, -0.05) is 6.58 Å². The number of nitrogens with zero attached hydrogens (tertiary/aromatic N) is 2. The second kappa shape index (κ2) is 7.13. The minimum atomic E-state index is -0.579. The lowest BCUT2D eigenvalue weighted by molar-refractivity contribution is -0.156. The van der Waals surface area contributed by atoms with E-state index in [4.69, 9.17) is 9.15 Å². The number of carbonyl (C=O) groups is 3. The quantitative estimate of drug-likeness (QED) is 0.615.